The maximum atomic E-state index is 12.3. The first-order valence-electron chi connectivity index (χ1n) is 8.12. The van der Waals surface area contributed by atoms with Crippen molar-refractivity contribution in [2.45, 2.75) is 26.1 Å². The first kappa shape index (κ1) is 16.7. The van der Waals surface area contributed by atoms with Crippen LogP contribution in [0.3, 0.4) is 0 Å². The molecule has 0 aliphatic rings. The maximum absolute atomic E-state index is 12.3. The lowest BCUT2D eigenvalue weighted by atomic mass is 10.2. The lowest BCUT2D eigenvalue weighted by molar-refractivity contribution is -0.124. The van der Waals surface area contributed by atoms with Gasteiger partial charge in [-0.1, -0.05) is 53.7 Å². The van der Waals surface area contributed by atoms with E-state index >= 15 is 0 Å². The summed E-state index contributed by atoms with van der Waals surface area (Å²) in [6, 6.07) is 18.8. The second-order valence-electron chi connectivity index (χ2n) is 5.67. The highest BCUT2D eigenvalue weighted by molar-refractivity contribution is 5.79. The highest BCUT2D eigenvalue weighted by atomic mass is 16.5. The normalized spacial score (nSPS) is 11.7. The fraction of sp³-hybridized carbons (Fsp3) is 0.211. The van der Waals surface area contributed by atoms with E-state index in [-0.39, 0.29) is 5.91 Å². The van der Waals surface area contributed by atoms with Crippen LogP contribution in [-0.4, -0.2) is 20.9 Å². The first-order valence-corrected chi connectivity index (χ1v) is 8.12. The monoisotopic (exact) mass is 336 g/mol. The van der Waals surface area contributed by atoms with Gasteiger partial charge in [0.2, 0.25) is 5.91 Å². The van der Waals surface area contributed by atoms with Crippen molar-refractivity contribution in [2.24, 2.45) is 0 Å². The molecule has 128 valence electrons. The number of amides is 1. The van der Waals surface area contributed by atoms with Crippen LogP contribution in [0.1, 0.15) is 24.2 Å². The smallest absolute Gasteiger partial charge is 0.244 e. The molecule has 1 aromatic heterocycles. The molecule has 1 atom stereocenters. The summed E-state index contributed by atoms with van der Waals surface area (Å²) in [5.41, 5.74) is 1.73. The van der Waals surface area contributed by atoms with Gasteiger partial charge in [-0.2, -0.15) is 0 Å². The number of hydrogen-bond donors (Lipinski definition) is 1. The molecule has 0 saturated carbocycles. The second-order valence-corrected chi connectivity index (χ2v) is 5.67. The van der Waals surface area contributed by atoms with Crippen molar-refractivity contribution in [2.75, 3.05) is 0 Å². The third kappa shape index (κ3) is 4.67. The Morgan fingerprint density at radius 2 is 1.80 bits per heavy atom. The van der Waals surface area contributed by atoms with E-state index in [9.17, 15) is 4.79 Å². The minimum Gasteiger partial charge on any atom is -0.487 e. The number of ether oxygens (including phenoxy) is 1. The van der Waals surface area contributed by atoms with Gasteiger partial charge in [0.25, 0.3) is 0 Å². The lowest BCUT2D eigenvalue weighted by Gasteiger charge is -2.12. The Labute approximate surface area is 146 Å². The Hall–Kier alpha value is -3.15. The number of nitrogens with zero attached hydrogens (tertiary/aromatic N) is 3. The molecule has 1 heterocycles. The minimum absolute atomic E-state index is 0.107. The van der Waals surface area contributed by atoms with Crippen LogP contribution < -0.4 is 10.1 Å². The van der Waals surface area contributed by atoms with E-state index in [1.54, 1.807) is 17.8 Å². The maximum Gasteiger partial charge on any atom is 0.244 e. The average molecular weight is 336 g/mol. The van der Waals surface area contributed by atoms with E-state index in [1.807, 2.05) is 60.7 Å². The molecule has 1 N–H and O–H groups in total. The molecule has 25 heavy (non-hydrogen) atoms. The van der Waals surface area contributed by atoms with Gasteiger partial charge in [-0.15, -0.1) is 5.10 Å². The van der Waals surface area contributed by atoms with Crippen LogP contribution in [0.25, 0.3) is 0 Å². The molecule has 6 nitrogen and oxygen atoms in total. The zero-order valence-corrected chi connectivity index (χ0v) is 14.0. The van der Waals surface area contributed by atoms with Gasteiger partial charge in [-0.3, -0.25) is 4.79 Å². The van der Waals surface area contributed by atoms with Crippen LogP contribution >= 0.6 is 0 Å². The summed E-state index contributed by atoms with van der Waals surface area (Å²) in [6.45, 7) is 2.59. The van der Waals surface area contributed by atoms with Crippen molar-refractivity contribution in [3.05, 3.63) is 78.1 Å². The van der Waals surface area contributed by atoms with Crippen LogP contribution in [0, 0.1) is 0 Å². The zero-order valence-electron chi connectivity index (χ0n) is 14.0. The van der Waals surface area contributed by atoms with Crippen molar-refractivity contribution < 1.29 is 9.53 Å². The average Bonchev–Trinajstić information content (AvgIpc) is 3.14. The number of hydrogen-bond acceptors (Lipinski definition) is 4. The summed E-state index contributed by atoms with van der Waals surface area (Å²) in [7, 11) is 0. The fourth-order valence-corrected chi connectivity index (χ4v) is 2.30. The van der Waals surface area contributed by atoms with Crippen molar-refractivity contribution >= 4 is 5.91 Å². The highest BCUT2D eigenvalue weighted by Crippen LogP contribution is 2.11. The Morgan fingerprint density at radius 3 is 2.52 bits per heavy atom. The number of carbonyl (C=O) groups excluding carboxylic acids is 1. The molecule has 0 spiro atoms. The van der Waals surface area contributed by atoms with Crippen LogP contribution in [0.15, 0.2) is 66.9 Å². The summed E-state index contributed by atoms with van der Waals surface area (Å²) in [5.74, 6) is 0.662. The predicted octanol–water partition coefficient (Wildman–Crippen LogP) is 2.73. The molecule has 6 heteroatoms. The standard InChI is InChI=1S/C19H20N4O2/c1-15(19(24)20-12-16-8-4-2-5-9-16)23-13-17(21-22-23)14-25-18-10-6-3-7-11-18/h2-11,13,15H,12,14H2,1H3,(H,20,24). The van der Waals surface area contributed by atoms with Crippen molar-refractivity contribution in [3.8, 4) is 5.75 Å². The van der Waals surface area contributed by atoms with E-state index in [1.165, 1.54) is 0 Å². The minimum atomic E-state index is -0.443. The van der Waals surface area contributed by atoms with Gasteiger partial charge in [-0.05, 0) is 24.6 Å². The molecule has 1 unspecified atom stereocenters. The Balaban J connectivity index is 1.52. The van der Waals surface area contributed by atoms with E-state index in [2.05, 4.69) is 15.6 Å². The molecule has 0 radical (unpaired) electrons. The Bertz CT molecular complexity index is 803. The molecular weight excluding hydrogens is 316 g/mol. The Kier molecular flexibility index (Phi) is 5.41. The number of rotatable bonds is 7. The fourth-order valence-electron chi connectivity index (χ4n) is 2.30. The molecule has 3 aromatic rings. The van der Waals surface area contributed by atoms with E-state index < -0.39 is 6.04 Å². The summed E-state index contributed by atoms with van der Waals surface area (Å²) in [5, 5.41) is 11.0. The van der Waals surface area contributed by atoms with Crippen LogP contribution in [0.5, 0.6) is 5.75 Å². The lowest BCUT2D eigenvalue weighted by Crippen LogP contribution is -2.30. The van der Waals surface area contributed by atoms with Crippen LogP contribution in [-0.2, 0) is 17.9 Å². The van der Waals surface area contributed by atoms with E-state index in [4.69, 9.17) is 4.74 Å². The van der Waals surface area contributed by atoms with Crippen molar-refractivity contribution in [1.29, 1.82) is 0 Å². The molecule has 2 aromatic carbocycles. The van der Waals surface area contributed by atoms with Gasteiger partial charge >= 0.3 is 0 Å². The van der Waals surface area contributed by atoms with E-state index in [0.29, 0.717) is 18.8 Å². The third-order valence-electron chi connectivity index (χ3n) is 3.77. The quantitative estimate of drug-likeness (QED) is 0.720. The van der Waals surface area contributed by atoms with Crippen LogP contribution in [0.4, 0.5) is 0 Å². The molecule has 3 rings (SSSR count). The zero-order chi connectivity index (χ0) is 17.5. The summed E-state index contributed by atoms with van der Waals surface area (Å²) in [4.78, 5) is 12.3. The number of para-hydroxylation sites is 1. The summed E-state index contributed by atoms with van der Waals surface area (Å²) in [6.07, 6.45) is 1.73. The van der Waals surface area contributed by atoms with Crippen molar-refractivity contribution in [1.82, 2.24) is 20.3 Å². The van der Waals surface area contributed by atoms with Gasteiger partial charge in [0.1, 0.15) is 24.1 Å². The number of carbonyl (C=O) groups is 1. The number of benzene rings is 2. The Morgan fingerprint density at radius 1 is 1.12 bits per heavy atom. The number of nitrogens with one attached hydrogen (secondary N) is 1. The molecule has 0 saturated heterocycles. The molecule has 0 aliphatic carbocycles. The van der Waals surface area contributed by atoms with Gasteiger partial charge < -0.3 is 10.1 Å². The van der Waals surface area contributed by atoms with Gasteiger partial charge in [0.05, 0.1) is 6.20 Å². The molecule has 1 amide bonds. The molecular formula is C19H20N4O2. The molecule has 0 fully saturated rings. The SMILES string of the molecule is CC(C(=O)NCc1ccccc1)n1cc(COc2ccccc2)nn1. The summed E-state index contributed by atoms with van der Waals surface area (Å²) >= 11 is 0. The molecule has 0 aliphatic heterocycles. The van der Waals surface area contributed by atoms with Gasteiger partial charge in [0, 0.05) is 6.54 Å². The summed E-state index contributed by atoms with van der Waals surface area (Å²) < 4.78 is 7.18. The van der Waals surface area contributed by atoms with Gasteiger partial charge in [0.15, 0.2) is 0 Å². The predicted molar refractivity (Wildman–Crippen MR) is 93.8 cm³/mol. The van der Waals surface area contributed by atoms with Gasteiger partial charge in [-0.25, -0.2) is 4.68 Å². The third-order valence-corrected chi connectivity index (χ3v) is 3.77. The largest absolute Gasteiger partial charge is 0.487 e. The van der Waals surface area contributed by atoms with E-state index in [0.717, 1.165) is 11.3 Å². The van der Waals surface area contributed by atoms with Crippen molar-refractivity contribution in [3.63, 3.8) is 0 Å². The van der Waals surface area contributed by atoms with Crippen LogP contribution in [0.2, 0.25) is 0 Å². The second kappa shape index (κ2) is 8.10. The highest BCUT2D eigenvalue weighted by Gasteiger charge is 2.16. The molecule has 0 bridgehead atoms. The first-order chi connectivity index (χ1) is 12.2. The number of aromatic nitrogens is 3. The topological polar surface area (TPSA) is 69.0 Å².